The summed E-state index contributed by atoms with van der Waals surface area (Å²) in [5.74, 6) is -3.99. The van der Waals surface area contributed by atoms with E-state index < -0.39 is 47.7 Å². The van der Waals surface area contributed by atoms with Crippen LogP contribution in [-0.2, 0) is 33.4 Å². The van der Waals surface area contributed by atoms with Gasteiger partial charge in [-0.25, -0.2) is 4.90 Å². The molecule has 2 fully saturated rings. The Morgan fingerprint density at radius 3 is 2.43 bits per heavy atom. The number of hydrogen-bond donors (Lipinski definition) is 0. The van der Waals surface area contributed by atoms with Crippen LogP contribution in [0.2, 0.25) is 0 Å². The first-order valence-corrected chi connectivity index (χ1v) is 8.90. The second-order valence-electron chi connectivity index (χ2n) is 7.20. The normalized spacial score (nSPS) is 30.1. The lowest BCUT2D eigenvalue weighted by atomic mass is 9.76. The molecule has 1 aromatic carbocycles. The minimum absolute atomic E-state index is 0.388. The topological polar surface area (TPSA) is 99.2 Å². The molecule has 0 spiro atoms. The van der Waals surface area contributed by atoms with E-state index in [4.69, 9.17) is 14.2 Å². The fourth-order valence-electron chi connectivity index (χ4n) is 4.24. The van der Waals surface area contributed by atoms with Gasteiger partial charge in [-0.15, -0.1) is 0 Å². The van der Waals surface area contributed by atoms with Crippen molar-refractivity contribution in [3.63, 3.8) is 0 Å². The van der Waals surface area contributed by atoms with Crippen LogP contribution in [0.5, 0.6) is 0 Å². The third-order valence-corrected chi connectivity index (χ3v) is 5.25. The van der Waals surface area contributed by atoms with Crippen molar-refractivity contribution < 1.29 is 33.4 Å². The van der Waals surface area contributed by atoms with Gasteiger partial charge >= 0.3 is 11.9 Å². The summed E-state index contributed by atoms with van der Waals surface area (Å²) in [6, 6.07) is 7.05. The van der Waals surface area contributed by atoms with Crippen LogP contribution in [0, 0.1) is 18.8 Å². The number of ether oxygens (including phenoxy) is 3. The molecule has 0 saturated carbocycles. The number of amides is 2. The van der Waals surface area contributed by atoms with Crippen LogP contribution in [0.25, 0.3) is 0 Å². The standard InChI is InChI=1S/C20H19NO7/c1-10-5-4-6-13(9-10)21-17(24)15-14-7-8-20(28-14,16(15)18(21)25)19(26-11(2)22)27-12(3)23/h4-9,14-16,19H,1-3H3/t14-,15+,16-,20+/m1/s1. The molecule has 0 unspecified atom stereocenters. The van der Waals surface area contributed by atoms with Crippen molar-refractivity contribution >= 4 is 29.4 Å². The lowest BCUT2D eigenvalue weighted by molar-refractivity contribution is -0.226. The fraction of sp³-hybridized carbons (Fsp3) is 0.400. The third kappa shape index (κ3) is 2.56. The molecule has 0 N–H and O–H groups in total. The first-order valence-electron chi connectivity index (χ1n) is 8.90. The highest BCUT2D eigenvalue weighted by molar-refractivity contribution is 6.23. The van der Waals surface area contributed by atoms with Gasteiger partial charge in [0.05, 0.1) is 23.6 Å². The quantitative estimate of drug-likeness (QED) is 0.333. The number of hydrogen-bond acceptors (Lipinski definition) is 7. The molecular weight excluding hydrogens is 366 g/mol. The molecule has 2 amide bonds. The number of benzene rings is 1. The number of nitrogens with zero attached hydrogens (tertiary/aromatic N) is 1. The predicted molar refractivity (Wildman–Crippen MR) is 94.7 cm³/mol. The van der Waals surface area contributed by atoms with Crippen molar-refractivity contribution in [1.82, 2.24) is 0 Å². The maximum Gasteiger partial charge on any atom is 0.305 e. The Hall–Kier alpha value is -3.00. The highest BCUT2D eigenvalue weighted by atomic mass is 16.7. The summed E-state index contributed by atoms with van der Waals surface area (Å²) in [5, 5.41) is 0. The number of carbonyl (C=O) groups excluding carboxylic acids is 4. The molecule has 0 aromatic heterocycles. The van der Waals surface area contributed by atoms with Crippen molar-refractivity contribution in [2.24, 2.45) is 11.8 Å². The molecular formula is C20H19NO7. The average molecular weight is 385 g/mol. The van der Waals surface area contributed by atoms with Gasteiger partial charge in [0.25, 0.3) is 6.29 Å². The zero-order valence-corrected chi connectivity index (χ0v) is 15.6. The highest BCUT2D eigenvalue weighted by Crippen LogP contribution is 2.54. The molecule has 3 heterocycles. The molecule has 3 aliphatic rings. The Labute approximate surface area is 161 Å². The van der Waals surface area contributed by atoms with Gasteiger partial charge in [0.2, 0.25) is 11.8 Å². The number of fused-ring (bicyclic) bond motifs is 5. The van der Waals surface area contributed by atoms with Gasteiger partial charge in [-0.3, -0.25) is 19.2 Å². The van der Waals surface area contributed by atoms with Gasteiger partial charge in [-0.2, -0.15) is 0 Å². The van der Waals surface area contributed by atoms with E-state index in [2.05, 4.69) is 0 Å². The highest BCUT2D eigenvalue weighted by Gasteiger charge is 2.72. The van der Waals surface area contributed by atoms with Crippen molar-refractivity contribution in [2.75, 3.05) is 4.90 Å². The smallest absolute Gasteiger partial charge is 0.305 e. The van der Waals surface area contributed by atoms with Crippen LogP contribution in [0.15, 0.2) is 36.4 Å². The molecule has 8 nitrogen and oxygen atoms in total. The summed E-state index contributed by atoms with van der Waals surface area (Å²) in [6.45, 7) is 4.19. The molecule has 0 radical (unpaired) electrons. The van der Waals surface area contributed by atoms with Gasteiger partial charge in [-0.1, -0.05) is 18.2 Å². The number of imide groups is 1. The zero-order chi connectivity index (χ0) is 20.2. The molecule has 2 saturated heterocycles. The van der Waals surface area contributed by atoms with Gasteiger partial charge in [0.1, 0.15) is 0 Å². The maximum atomic E-state index is 13.3. The van der Waals surface area contributed by atoms with Crippen LogP contribution >= 0.6 is 0 Å². The van der Waals surface area contributed by atoms with Crippen molar-refractivity contribution in [2.45, 2.75) is 38.8 Å². The van der Waals surface area contributed by atoms with Crippen molar-refractivity contribution in [1.29, 1.82) is 0 Å². The number of carbonyl (C=O) groups is 4. The molecule has 2 bridgehead atoms. The summed E-state index contributed by atoms with van der Waals surface area (Å²) in [5.41, 5.74) is -0.159. The predicted octanol–water partition coefficient (Wildman–Crippen LogP) is 1.26. The Balaban J connectivity index is 1.75. The zero-order valence-electron chi connectivity index (χ0n) is 15.6. The molecule has 4 atom stereocenters. The van der Waals surface area contributed by atoms with Gasteiger partial charge in [0.15, 0.2) is 5.60 Å². The second kappa shape index (κ2) is 6.27. The first kappa shape index (κ1) is 18.4. The molecule has 3 aliphatic heterocycles. The molecule has 28 heavy (non-hydrogen) atoms. The summed E-state index contributed by atoms with van der Waals surface area (Å²) in [7, 11) is 0. The summed E-state index contributed by atoms with van der Waals surface area (Å²) in [4.78, 5) is 50.7. The molecule has 4 rings (SSSR count). The number of esters is 2. The minimum atomic E-state index is -1.53. The lowest BCUT2D eigenvalue weighted by Crippen LogP contribution is -2.52. The molecule has 1 aromatic rings. The number of rotatable bonds is 4. The van der Waals surface area contributed by atoms with Crippen LogP contribution in [0.4, 0.5) is 5.69 Å². The third-order valence-electron chi connectivity index (χ3n) is 5.25. The van der Waals surface area contributed by atoms with Crippen LogP contribution < -0.4 is 4.90 Å². The van der Waals surface area contributed by atoms with Gasteiger partial charge in [-0.05, 0) is 30.7 Å². The van der Waals surface area contributed by atoms with E-state index in [1.54, 1.807) is 30.4 Å². The van der Waals surface area contributed by atoms with Crippen molar-refractivity contribution in [3.8, 4) is 0 Å². The summed E-state index contributed by atoms with van der Waals surface area (Å²) in [6.07, 6.45) is 1.07. The van der Waals surface area contributed by atoms with Gasteiger partial charge < -0.3 is 14.2 Å². The van der Waals surface area contributed by atoms with Gasteiger partial charge in [0, 0.05) is 13.8 Å². The Morgan fingerprint density at radius 2 is 1.82 bits per heavy atom. The number of aryl methyl sites for hydroxylation is 1. The largest absolute Gasteiger partial charge is 0.422 e. The maximum absolute atomic E-state index is 13.3. The fourth-order valence-corrected chi connectivity index (χ4v) is 4.24. The number of anilines is 1. The molecule has 146 valence electrons. The SMILES string of the molecule is CC(=O)OC(OC(C)=O)[C@@]12C=C[C@@H](O1)[C@@H]1C(=O)N(c3cccc(C)c3)C(=O)[C@@H]12. The van der Waals surface area contributed by atoms with Crippen LogP contribution in [0.1, 0.15) is 19.4 Å². The first-order chi connectivity index (χ1) is 13.2. The average Bonchev–Trinajstić information content (AvgIpc) is 3.25. The van der Waals surface area contributed by atoms with E-state index >= 15 is 0 Å². The van der Waals surface area contributed by atoms with Crippen LogP contribution in [-0.4, -0.2) is 41.7 Å². The Kier molecular flexibility index (Phi) is 4.11. The van der Waals surface area contributed by atoms with E-state index in [9.17, 15) is 19.2 Å². The molecule has 0 aliphatic carbocycles. The minimum Gasteiger partial charge on any atom is -0.422 e. The molecule has 8 heteroatoms. The Bertz CT molecular complexity index is 907. The van der Waals surface area contributed by atoms with E-state index in [1.165, 1.54) is 0 Å². The van der Waals surface area contributed by atoms with E-state index in [0.29, 0.717) is 5.69 Å². The monoisotopic (exact) mass is 385 g/mol. The lowest BCUT2D eigenvalue weighted by Gasteiger charge is -2.34. The summed E-state index contributed by atoms with van der Waals surface area (Å²) < 4.78 is 16.3. The van der Waals surface area contributed by atoms with Crippen LogP contribution in [0.3, 0.4) is 0 Å². The van der Waals surface area contributed by atoms with Crippen molar-refractivity contribution in [3.05, 3.63) is 42.0 Å². The Morgan fingerprint density at radius 1 is 1.14 bits per heavy atom. The summed E-state index contributed by atoms with van der Waals surface area (Å²) >= 11 is 0. The second-order valence-corrected chi connectivity index (χ2v) is 7.20. The van der Waals surface area contributed by atoms with E-state index in [-0.39, 0.29) is 5.91 Å². The van der Waals surface area contributed by atoms with E-state index in [1.807, 2.05) is 13.0 Å². The van der Waals surface area contributed by atoms with E-state index in [0.717, 1.165) is 24.3 Å².